The lowest BCUT2D eigenvalue weighted by Crippen LogP contribution is -2.38. The van der Waals surface area contributed by atoms with Crippen molar-refractivity contribution in [2.45, 2.75) is 18.7 Å². The second kappa shape index (κ2) is 9.41. The summed E-state index contributed by atoms with van der Waals surface area (Å²) in [4.78, 5) is 12.9. The molecule has 0 saturated heterocycles. The minimum absolute atomic E-state index is 0.0411. The van der Waals surface area contributed by atoms with Crippen LogP contribution >= 0.6 is 11.6 Å². The van der Waals surface area contributed by atoms with E-state index in [1.807, 2.05) is 26.0 Å². The molecule has 162 valence electrons. The van der Waals surface area contributed by atoms with Crippen LogP contribution in [0.3, 0.4) is 0 Å². The van der Waals surface area contributed by atoms with Crippen LogP contribution in [0.25, 0.3) is 0 Å². The third kappa shape index (κ3) is 5.37. The van der Waals surface area contributed by atoms with Crippen LogP contribution in [-0.2, 0) is 14.8 Å². The summed E-state index contributed by atoms with van der Waals surface area (Å²) in [6.07, 6.45) is 0. The molecule has 1 amide bonds. The first-order chi connectivity index (χ1) is 14.7. The molecule has 0 heterocycles. The zero-order chi connectivity index (χ0) is 22.6. The molecule has 6 nitrogen and oxygen atoms in total. The molecule has 0 aliphatic heterocycles. The Morgan fingerprint density at radius 3 is 2.32 bits per heavy atom. The summed E-state index contributed by atoms with van der Waals surface area (Å²) >= 11 is 5.91. The van der Waals surface area contributed by atoms with E-state index in [2.05, 4.69) is 5.32 Å². The third-order valence-electron chi connectivity index (χ3n) is 4.61. The first kappa shape index (κ1) is 22.7. The van der Waals surface area contributed by atoms with Crippen molar-refractivity contribution < 1.29 is 17.9 Å². The van der Waals surface area contributed by atoms with Crippen molar-refractivity contribution in [3.8, 4) is 5.75 Å². The number of aryl methyl sites for hydroxylation is 2. The smallest absolute Gasteiger partial charge is 0.264 e. The van der Waals surface area contributed by atoms with E-state index < -0.39 is 22.5 Å². The van der Waals surface area contributed by atoms with Crippen molar-refractivity contribution in [3.05, 3.63) is 82.9 Å². The molecule has 31 heavy (non-hydrogen) atoms. The number of nitrogens with zero attached hydrogens (tertiary/aromatic N) is 1. The maximum atomic E-state index is 13.4. The van der Waals surface area contributed by atoms with E-state index in [9.17, 15) is 13.2 Å². The molecule has 3 aromatic carbocycles. The van der Waals surface area contributed by atoms with Gasteiger partial charge in [-0.15, -0.1) is 0 Å². The van der Waals surface area contributed by atoms with Gasteiger partial charge in [-0.2, -0.15) is 0 Å². The largest absolute Gasteiger partial charge is 0.495 e. The molecule has 0 aliphatic rings. The van der Waals surface area contributed by atoms with Crippen LogP contribution in [0.4, 0.5) is 11.4 Å². The number of benzene rings is 3. The van der Waals surface area contributed by atoms with E-state index in [0.717, 1.165) is 15.4 Å². The molecule has 3 aromatic rings. The van der Waals surface area contributed by atoms with E-state index in [4.69, 9.17) is 16.3 Å². The van der Waals surface area contributed by atoms with Crippen molar-refractivity contribution in [1.29, 1.82) is 0 Å². The normalized spacial score (nSPS) is 11.1. The second-order valence-corrected chi connectivity index (χ2v) is 9.36. The Bertz CT molecular complexity index is 1190. The Kier molecular flexibility index (Phi) is 6.87. The van der Waals surface area contributed by atoms with Gasteiger partial charge in [0.2, 0.25) is 5.91 Å². The summed E-state index contributed by atoms with van der Waals surface area (Å²) in [7, 11) is -2.51. The molecule has 0 atom stereocenters. The van der Waals surface area contributed by atoms with Crippen LogP contribution in [-0.4, -0.2) is 28.0 Å². The van der Waals surface area contributed by atoms with Crippen molar-refractivity contribution in [1.82, 2.24) is 0 Å². The van der Waals surface area contributed by atoms with Crippen molar-refractivity contribution in [3.63, 3.8) is 0 Å². The van der Waals surface area contributed by atoms with Crippen LogP contribution in [0.15, 0.2) is 71.6 Å². The number of anilines is 2. The van der Waals surface area contributed by atoms with Crippen molar-refractivity contribution in [2.75, 3.05) is 23.3 Å². The molecule has 0 unspecified atom stereocenters. The molecule has 0 aliphatic carbocycles. The molecule has 3 rings (SSSR count). The lowest BCUT2D eigenvalue weighted by Gasteiger charge is -2.24. The number of rotatable bonds is 7. The minimum atomic E-state index is -4.02. The fourth-order valence-electron chi connectivity index (χ4n) is 3.07. The number of carbonyl (C=O) groups excluding carboxylic acids is 1. The number of sulfonamides is 1. The van der Waals surface area contributed by atoms with E-state index in [1.54, 1.807) is 30.3 Å². The highest BCUT2D eigenvalue weighted by atomic mass is 35.5. The predicted molar refractivity (Wildman–Crippen MR) is 124 cm³/mol. The van der Waals surface area contributed by atoms with Gasteiger partial charge in [0.25, 0.3) is 10.0 Å². The lowest BCUT2D eigenvalue weighted by atomic mass is 10.2. The highest BCUT2D eigenvalue weighted by Crippen LogP contribution is 2.27. The van der Waals surface area contributed by atoms with Gasteiger partial charge in [-0.05, 0) is 73.5 Å². The Morgan fingerprint density at radius 2 is 1.68 bits per heavy atom. The molecule has 0 spiro atoms. The topological polar surface area (TPSA) is 75.7 Å². The number of hydrogen-bond donors (Lipinski definition) is 1. The molecule has 0 saturated carbocycles. The summed E-state index contributed by atoms with van der Waals surface area (Å²) in [5, 5.41) is 3.18. The van der Waals surface area contributed by atoms with Gasteiger partial charge in [0, 0.05) is 5.02 Å². The van der Waals surface area contributed by atoms with Crippen molar-refractivity contribution >= 4 is 38.9 Å². The monoisotopic (exact) mass is 458 g/mol. The molecular weight excluding hydrogens is 436 g/mol. The first-order valence-electron chi connectivity index (χ1n) is 9.50. The van der Waals surface area contributed by atoms with Crippen LogP contribution in [0, 0.1) is 13.8 Å². The number of hydrogen-bond acceptors (Lipinski definition) is 4. The van der Waals surface area contributed by atoms with E-state index in [-0.39, 0.29) is 4.90 Å². The molecule has 0 fully saturated rings. The van der Waals surface area contributed by atoms with E-state index >= 15 is 0 Å². The molecule has 0 bridgehead atoms. The van der Waals surface area contributed by atoms with Gasteiger partial charge >= 0.3 is 0 Å². The van der Waals surface area contributed by atoms with Crippen LogP contribution < -0.4 is 14.4 Å². The number of nitrogens with one attached hydrogen (secondary N) is 1. The van der Waals surface area contributed by atoms with E-state index in [1.165, 1.54) is 31.4 Å². The fraction of sp³-hybridized carbons (Fsp3) is 0.174. The van der Waals surface area contributed by atoms with Gasteiger partial charge in [-0.1, -0.05) is 29.8 Å². The minimum Gasteiger partial charge on any atom is -0.495 e. The zero-order valence-corrected chi connectivity index (χ0v) is 19.0. The van der Waals surface area contributed by atoms with Gasteiger partial charge < -0.3 is 10.1 Å². The van der Waals surface area contributed by atoms with Gasteiger partial charge in [0.1, 0.15) is 12.3 Å². The highest BCUT2D eigenvalue weighted by molar-refractivity contribution is 7.92. The van der Waals surface area contributed by atoms with Crippen LogP contribution in [0.5, 0.6) is 5.75 Å². The van der Waals surface area contributed by atoms with Crippen LogP contribution in [0.2, 0.25) is 5.02 Å². The number of ether oxygens (including phenoxy) is 1. The van der Waals surface area contributed by atoms with Gasteiger partial charge in [-0.3, -0.25) is 9.10 Å². The second-order valence-electron chi connectivity index (χ2n) is 7.06. The predicted octanol–water partition coefficient (Wildman–Crippen LogP) is 4.80. The molecular formula is C23H23ClN2O4S. The average molecular weight is 459 g/mol. The summed E-state index contributed by atoms with van der Waals surface area (Å²) in [5.74, 6) is -0.00967. The summed E-state index contributed by atoms with van der Waals surface area (Å²) in [6.45, 7) is 3.33. The molecule has 0 aromatic heterocycles. The fourth-order valence-corrected chi connectivity index (χ4v) is 4.61. The Morgan fingerprint density at radius 1 is 1.00 bits per heavy atom. The van der Waals surface area contributed by atoms with E-state index in [0.29, 0.717) is 22.1 Å². The van der Waals surface area contributed by atoms with Gasteiger partial charge in [-0.25, -0.2) is 8.42 Å². The lowest BCUT2D eigenvalue weighted by molar-refractivity contribution is -0.114. The Hall–Kier alpha value is -3.03. The van der Waals surface area contributed by atoms with Crippen LogP contribution in [0.1, 0.15) is 11.1 Å². The molecule has 1 N–H and O–H groups in total. The summed E-state index contributed by atoms with van der Waals surface area (Å²) in [6, 6.07) is 18.2. The Balaban J connectivity index is 1.97. The summed E-state index contributed by atoms with van der Waals surface area (Å²) in [5.41, 5.74) is 2.66. The van der Waals surface area contributed by atoms with Gasteiger partial charge in [0.15, 0.2) is 0 Å². The average Bonchev–Trinajstić information content (AvgIpc) is 2.72. The van der Waals surface area contributed by atoms with Crippen molar-refractivity contribution in [2.24, 2.45) is 0 Å². The highest BCUT2D eigenvalue weighted by Gasteiger charge is 2.27. The standard InChI is InChI=1S/C23H23ClN2O4S/c1-16-5-4-6-19(13-16)26(31(28,29)20-10-8-18(24)9-11-20)15-23(27)25-21-14-17(2)7-12-22(21)30-3/h4-14H,15H2,1-3H3,(H,25,27). The maximum Gasteiger partial charge on any atom is 0.264 e. The Labute approximate surface area is 187 Å². The number of amides is 1. The molecule has 8 heteroatoms. The SMILES string of the molecule is COc1ccc(C)cc1NC(=O)CN(c1cccc(C)c1)S(=O)(=O)c1ccc(Cl)cc1. The molecule has 0 radical (unpaired) electrons. The quantitative estimate of drug-likeness (QED) is 0.551. The number of methoxy groups -OCH3 is 1. The van der Waals surface area contributed by atoms with Gasteiger partial charge in [0.05, 0.1) is 23.4 Å². The number of halogens is 1. The third-order valence-corrected chi connectivity index (χ3v) is 6.65. The summed E-state index contributed by atoms with van der Waals surface area (Å²) < 4.78 is 33.2. The zero-order valence-electron chi connectivity index (χ0n) is 17.4. The number of carbonyl (C=O) groups is 1. The maximum absolute atomic E-state index is 13.4. The first-order valence-corrected chi connectivity index (χ1v) is 11.3.